The van der Waals surface area contributed by atoms with E-state index in [9.17, 15) is 4.79 Å². The lowest BCUT2D eigenvalue weighted by molar-refractivity contribution is -0.121. The van der Waals surface area contributed by atoms with E-state index < -0.39 is 0 Å². The lowest BCUT2D eigenvalue weighted by atomic mass is 10.2. The fourth-order valence-corrected chi connectivity index (χ4v) is 2.48. The van der Waals surface area contributed by atoms with Gasteiger partial charge in [0.05, 0.1) is 18.8 Å². The van der Waals surface area contributed by atoms with Gasteiger partial charge < -0.3 is 10.1 Å². The Hall–Kier alpha value is -0.980. The predicted molar refractivity (Wildman–Crippen MR) is 77.0 cm³/mol. The van der Waals surface area contributed by atoms with E-state index in [2.05, 4.69) is 31.1 Å². The Balaban J connectivity index is 1.85. The summed E-state index contributed by atoms with van der Waals surface area (Å²) >= 11 is 3.31. The third kappa shape index (κ3) is 4.56. The third-order valence-electron chi connectivity index (χ3n) is 2.86. The Morgan fingerprint density at radius 2 is 2.16 bits per heavy atom. The number of pyridine rings is 1. The van der Waals surface area contributed by atoms with Crippen LogP contribution in [0.2, 0.25) is 0 Å². The van der Waals surface area contributed by atoms with Gasteiger partial charge in [-0.05, 0) is 41.9 Å². The topological polar surface area (TPSA) is 54.5 Å². The van der Waals surface area contributed by atoms with Crippen LogP contribution in [0.4, 0.5) is 5.82 Å². The van der Waals surface area contributed by atoms with Crippen LogP contribution < -0.4 is 5.32 Å². The predicted octanol–water partition coefficient (Wildman–Crippen LogP) is 1.89. The molecule has 2 heterocycles. The molecule has 2 atom stereocenters. The number of nitrogens with one attached hydrogen (secondary N) is 1. The molecule has 0 bridgehead atoms. The van der Waals surface area contributed by atoms with E-state index in [1.807, 2.05) is 19.9 Å². The minimum Gasteiger partial charge on any atom is -0.373 e. The first-order valence-electron chi connectivity index (χ1n) is 6.32. The second-order valence-electron chi connectivity index (χ2n) is 4.86. The SMILES string of the molecule is C[C@@H]1CN(CC(=O)Nc2ccc(Br)cn2)C[C@@H](C)O1. The maximum atomic E-state index is 11.9. The van der Waals surface area contributed by atoms with Gasteiger partial charge in [-0.15, -0.1) is 0 Å². The normalized spacial score (nSPS) is 24.2. The van der Waals surface area contributed by atoms with Gasteiger partial charge in [0.2, 0.25) is 5.91 Å². The van der Waals surface area contributed by atoms with Crippen LogP contribution in [-0.4, -0.2) is 47.6 Å². The average Bonchev–Trinajstić information content (AvgIpc) is 2.30. The van der Waals surface area contributed by atoms with Gasteiger partial charge in [-0.1, -0.05) is 0 Å². The number of aromatic nitrogens is 1. The van der Waals surface area contributed by atoms with E-state index in [1.54, 1.807) is 12.3 Å². The van der Waals surface area contributed by atoms with Crippen LogP contribution in [-0.2, 0) is 9.53 Å². The Morgan fingerprint density at radius 3 is 2.74 bits per heavy atom. The summed E-state index contributed by atoms with van der Waals surface area (Å²) in [5.41, 5.74) is 0. The summed E-state index contributed by atoms with van der Waals surface area (Å²) in [6.07, 6.45) is 2.00. The van der Waals surface area contributed by atoms with Crippen molar-refractivity contribution >= 4 is 27.7 Å². The van der Waals surface area contributed by atoms with E-state index in [4.69, 9.17) is 4.74 Å². The van der Waals surface area contributed by atoms with Crippen LogP contribution in [0.3, 0.4) is 0 Å². The molecular weight excluding hydrogens is 310 g/mol. The molecule has 0 unspecified atom stereocenters. The molecule has 1 fully saturated rings. The first-order chi connectivity index (χ1) is 9.02. The molecule has 1 saturated heterocycles. The van der Waals surface area contributed by atoms with Crippen LogP contribution in [0, 0.1) is 0 Å². The summed E-state index contributed by atoms with van der Waals surface area (Å²) in [6, 6.07) is 3.62. The monoisotopic (exact) mass is 327 g/mol. The summed E-state index contributed by atoms with van der Waals surface area (Å²) in [7, 11) is 0. The van der Waals surface area contributed by atoms with Crippen molar-refractivity contribution in [3.63, 3.8) is 0 Å². The molecule has 0 aliphatic carbocycles. The minimum atomic E-state index is -0.0453. The number of hydrogen-bond donors (Lipinski definition) is 1. The lowest BCUT2D eigenvalue weighted by Crippen LogP contribution is -2.48. The first kappa shape index (κ1) is 14.4. The number of amides is 1. The highest BCUT2D eigenvalue weighted by molar-refractivity contribution is 9.10. The highest BCUT2D eigenvalue weighted by Crippen LogP contribution is 2.12. The second kappa shape index (κ2) is 6.45. The second-order valence-corrected chi connectivity index (χ2v) is 5.78. The lowest BCUT2D eigenvalue weighted by Gasteiger charge is -2.34. The molecule has 1 aromatic rings. The summed E-state index contributed by atoms with van der Waals surface area (Å²) in [6.45, 7) is 5.99. The molecule has 0 radical (unpaired) electrons. The van der Waals surface area contributed by atoms with Crippen LogP contribution in [0.25, 0.3) is 0 Å². The van der Waals surface area contributed by atoms with Crippen LogP contribution in [0.1, 0.15) is 13.8 Å². The van der Waals surface area contributed by atoms with Gasteiger partial charge in [-0.2, -0.15) is 0 Å². The van der Waals surface area contributed by atoms with Crippen molar-refractivity contribution in [3.05, 3.63) is 22.8 Å². The van der Waals surface area contributed by atoms with E-state index in [0.717, 1.165) is 17.6 Å². The molecule has 104 valence electrons. The quantitative estimate of drug-likeness (QED) is 0.921. The zero-order valence-corrected chi connectivity index (χ0v) is 12.7. The van der Waals surface area contributed by atoms with Crippen molar-refractivity contribution in [2.45, 2.75) is 26.1 Å². The van der Waals surface area contributed by atoms with Crippen molar-refractivity contribution in [3.8, 4) is 0 Å². The van der Waals surface area contributed by atoms with Crippen LogP contribution >= 0.6 is 15.9 Å². The first-order valence-corrected chi connectivity index (χ1v) is 7.11. The fraction of sp³-hybridized carbons (Fsp3) is 0.538. The molecule has 5 nitrogen and oxygen atoms in total. The van der Waals surface area contributed by atoms with E-state index in [0.29, 0.717) is 12.4 Å². The van der Waals surface area contributed by atoms with Gasteiger partial charge in [0.1, 0.15) is 5.82 Å². The van der Waals surface area contributed by atoms with Gasteiger partial charge in [0.25, 0.3) is 0 Å². The molecule has 19 heavy (non-hydrogen) atoms. The number of morpholine rings is 1. The zero-order chi connectivity index (χ0) is 13.8. The van der Waals surface area contributed by atoms with E-state index in [1.165, 1.54) is 0 Å². The molecule has 0 saturated carbocycles. The highest BCUT2D eigenvalue weighted by atomic mass is 79.9. The van der Waals surface area contributed by atoms with Gasteiger partial charge in [-0.25, -0.2) is 4.98 Å². The van der Waals surface area contributed by atoms with Gasteiger partial charge >= 0.3 is 0 Å². The molecule has 1 aliphatic heterocycles. The van der Waals surface area contributed by atoms with Crippen LogP contribution in [0.15, 0.2) is 22.8 Å². The Kier molecular flexibility index (Phi) is 4.90. The van der Waals surface area contributed by atoms with Crippen LogP contribution in [0.5, 0.6) is 0 Å². The molecule has 1 amide bonds. The molecular formula is C13H18BrN3O2. The molecule has 0 aromatic carbocycles. The van der Waals surface area contributed by atoms with Crippen molar-refractivity contribution < 1.29 is 9.53 Å². The smallest absolute Gasteiger partial charge is 0.239 e. The van der Waals surface area contributed by atoms with E-state index >= 15 is 0 Å². The van der Waals surface area contributed by atoms with Gasteiger partial charge in [0.15, 0.2) is 0 Å². The third-order valence-corrected chi connectivity index (χ3v) is 3.33. The minimum absolute atomic E-state index is 0.0453. The number of nitrogens with zero attached hydrogens (tertiary/aromatic N) is 2. The number of anilines is 1. The van der Waals surface area contributed by atoms with Gasteiger partial charge in [-0.3, -0.25) is 9.69 Å². The maximum Gasteiger partial charge on any atom is 0.239 e. The Labute approximate surface area is 121 Å². The number of rotatable bonds is 3. The molecule has 2 rings (SSSR count). The average molecular weight is 328 g/mol. The molecule has 6 heteroatoms. The van der Waals surface area contributed by atoms with Crippen molar-refractivity contribution in [1.29, 1.82) is 0 Å². The van der Waals surface area contributed by atoms with Crippen molar-refractivity contribution in [1.82, 2.24) is 9.88 Å². The Bertz CT molecular complexity index is 428. The summed E-state index contributed by atoms with van der Waals surface area (Å²) in [5, 5.41) is 2.79. The largest absolute Gasteiger partial charge is 0.373 e. The van der Waals surface area contributed by atoms with E-state index in [-0.39, 0.29) is 18.1 Å². The number of carbonyl (C=O) groups excluding carboxylic acids is 1. The van der Waals surface area contributed by atoms with Gasteiger partial charge in [0, 0.05) is 23.8 Å². The number of halogens is 1. The molecule has 1 aromatic heterocycles. The number of hydrogen-bond acceptors (Lipinski definition) is 4. The number of carbonyl (C=O) groups is 1. The molecule has 1 N–H and O–H groups in total. The molecule has 1 aliphatic rings. The number of ether oxygens (including phenoxy) is 1. The van der Waals surface area contributed by atoms with Crippen molar-refractivity contribution in [2.24, 2.45) is 0 Å². The summed E-state index contributed by atoms with van der Waals surface area (Å²) < 4.78 is 6.53. The van der Waals surface area contributed by atoms with Crippen molar-refractivity contribution in [2.75, 3.05) is 25.0 Å². The standard InChI is InChI=1S/C13H18BrN3O2/c1-9-6-17(7-10(2)19-9)8-13(18)16-12-4-3-11(14)5-15-12/h3-5,9-10H,6-8H2,1-2H3,(H,15,16,18)/t9-,10-/m1/s1. The summed E-state index contributed by atoms with van der Waals surface area (Å²) in [4.78, 5) is 18.2. The zero-order valence-electron chi connectivity index (χ0n) is 11.1. The maximum absolute atomic E-state index is 11.9. The molecule has 0 spiro atoms. The fourth-order valence-electron chi connectivity index (χ4n) is 2.25. The highest BCUT2D eigenvalue weighted by Gasteiger charge is 2.23. The Morgan fingerprint density at radius 1 is 1.47 bits per heavy atom. The summed E-state index contributed by atoms with van der Waals surface area (Å²) in [5.74, 6) is 0.527.